The first-order valence-electron chi connectivity index (χ1n) is 11.5. The molecule has 1 aliphatic rings. The molecule has 1 unspecified atom stereocenters. The monoisotopic (exact) mass is 471 g/mol. The van der Waals surface area contributed by atoms with E-state index in [1.54, 1.807) is 7.11 Å². The Morgan fingerprint density at radius 3 is 2.35 bits per heavy atom. The predicted octanol–water partition coefficient (Wildman–Crippen LogP) is 6.12. The number of fused-ring (bicyclic) bond motifs is 1. The van der Waals surface area contributed by atoms with Crippen LogP contribution in [0.5, 0.6) is 5.75 Å². The number of rotatable bonds is 8. The van der Waals surface area contributed by atoms with Gasteiger partial charge in [0.25, 0.3) is 0 Å². The molecule has 1 aliphatic heterocycles. The van der Waals surface area contributed by atoms with Gasteiger partial charge in [-0.05, 0) is 67.3 Å². The third-order valence-corrected chi connectivity index (χ3v) is 6.59. The van der Waals surface area contributed by atoms with Crippen molar-refractivity contribution in [2.45, 2.75) is 32.2 Å². The molecule has 0 radical (unpaired) electrons. The molecule has 34 heavy (non-hydrogen) atoms. The molecule has 1 atom stereocenters. The fraction of sp³-hybridized carbons (Fsp3) is 0.250. The zero-order chi connectivity index (χ0) is 23.8. The number of amides is 1. The number of hydrogen-bond acceptors (Lipinski definition) is 5. The van der Waals surface area contributed by atoms with Gasteiger partial charge in [-0.3, -0.25) is 9.79 Å². The molecule has 174 valence electrons. The minimum absolute atomic E-state index is 0.0220. The van der Waals surface area contributed by atoms with Crippen LogP contribution in [-0.4, -0.2) is 35.6 Å². The minimum atomic E-state index is 0.0220. The molecule has 6 heteroatoms. The van der Waals surface area contributed by atoms with Crippen LogP contribution in [-0.2, 0) is 11.2 Å². The molecule has 1 heterocycles. The molecule has 0 aliphatic carbocycles. The topological polar surface area (TPSA) is 63.1 Å². The molecular weight excluding hydrogens is 442 g/mol. The first-order valence-corrected chi connectivity index (χ1v) is 12.4. The average molecular weight is 472 g/mol. The van der Waals surface area contributed by atoms with Gasteiger partial charge >= 0.3 is 0 Å². The van der Waals surface area contributed by atoms with Crippen LogP contribution in [0.1, 0.15) is 30.9 Å². The number of nitrogens with zero attached hydrogens (tertiary/aromatic N) is 2. The summed E-state index contributed by atoms with van der Waals surface area (Å²) in [6.07, 6.45) is 2.42. The van der Waals surface area contributed by atoms with Gasteiger partial charge in [0.15, 0.2) is 0 Å². The normalized spacial score (nSPS) is 13.7. The van der Waals surface area contributed by atoms with Crippen LogP contribution in [0.4, 0.5) is 11.4 Å². The molecule has 3 aromatic carbocycles. The van der Waals surface area contributed by atoms with E-state index < -0.39 is 0 Å². The maximum Gasteiger partial charge on any atom is 0.230 e. The summed E-state index contributed by atoms with van der Waals surface area (Å²) in [4.78, 5) is 22.4. The first kappa shape index (κ1) is 23.8. The average Bonchev–Trinajstić information content (AvgIpc) is 3.06. The quantitative estimate of drug-likeness (QED) is 0.430. The molecule has 0 aromatic heterocycles. The van der Waals surface area contributed by atoms with Crippen molar-refractivity contribution in [2.24, 2.45) is 9.98 Å². The number of thioether (sulfide) groups is 1. The van der Waals surface area contributed by atoms with Crippen molar-refractivity contribution in [3.8, 4) is 5.75 Å². The van der Waals surface area contributed by atoms with Gasteiger partial charge in [-0.1, -0.05) is 42.5 Å². The molecule has 0 saturated carbocycles. The van der Waals surface area contributed by atoms with Crippen LogP contribution < -0.4 is 10.1 Å². The number of benzene rings is 3. The van der Waals surface area contributed by atoms with Crippen LogP contribution in [0.25, 0.3) is 0 Å². The summed E-state index contributed by atoms with van der Waals surface area (Å²) < 4.78 is 5.29. The lowest BCUT2D eigenvalue weighted by molar-refractivity contribution is -0.119. The van der Waals surface area contributed by atoms with Gasteiger partial charge in [-0.25, -0.2) is 4.99 Å². The van der Waals surface area contributed by atoms with Crippen molar-refractivity contribution < 1.29 is 9.53 Å². The van der Waals surface area contributed by atoms with Crippen LogP contribution in [0.3, 0.4) is 0 Å². The molecule has 1 amide bonds. The second-order valence-corrected chi connectivity index (χ2v) is 9.29. The second kappa shape index (κ2) is 11.7. The molecular formula is C28H29N3O2S. The van der Waals surface area contributed by atoms with Crippen LogP contribution in [0.15, 0.2) is 88.8 Å². The summed E-state index contributed by atoms with van der Waals surface area (Å²) in [5.41, 5.74) is 4.89. The lowest BCUT2D eigenvalue weighted by Gasteiger charge is -2.14. The fourth-order valence-electron chi connectivity index (χ4n) is 3.75. The third kappa shape index (κ3) is 6.58. The summed E-state index contributed by atoms with van der Waals surface area (Å²) in [6, 6.07) is 26.2. The van der Waals surface area contributed by atoms with E-state index >= 15 is 0 Å². The summed E-state index contributed by atoms with van der Waals surface area (Å²) in [7, 11) is 1.66. The fourth-order valence-corrected chi connectivity index (χ4v) is 4.54. The van der Waals surface area contributed by atoms with Gasteiger partial charge in [0.2, 0.25) is 5.91 Å². The highest BCUT2D eigenvalue weighted by atomic mass is 32.2. The van der Waals surface area contributed by atoms with E-state index in [-0.39, 0.29) is 11.9 Å². The van der Waals surface area contributed by atoms with E-state index in [9.17, 15) is 4.79 Å². The molecule has 0 fully saturated rings. The summed E-state index contributed by atoms with van der Waals surface area (Å²) >= 11 is 1.48. The number of para-hydroxylation sites is 2. The van der Waals surface area contributed by atoms with Crippen molar-refractivity contribution in [3.63, 3.8) is 0 Å². The first-order chi connectivity index (χ1) is 16.6. The summed E-state index contributed by atoms with van der Waals surface area (Å²) in [5.74, 6) is 1.15. The SMILES string of the molecule is COc1ccc(C2=Nc3ccccc3N=C(SCC(=O)NC(C)CCc3ccccc3)C2)cc1. The van der Waals surface area contributed by atoms with Gasteiger partial charge in [0.1, 0.15) is 5.75 Å². The number of aryl methyl sites for hydroxylation is 1. The summed E-state index contributed by atoms with van der Waals surface area (Å²) in [5, 5.41) is 4.00. The smallest absolute Gasteiger partial charge is 0.230 e. The predicted molar refractivity (Wildman–Crippen MR) is 142 cm³/mol. The van der Waals surface area contributed by atoms with Crippen molar-refractivity contribution in [2.75, 3.05) is 12.9 Å². The number of aliphatic imine (C=N–C) groups is 2. The maximum absolute atomic E-state index is 12.6. The number of carbonyl (C=O) groups excluding carboxylic acids is 1. The minimum Gasteiger partial charge on any atom is -0.497 e. The molecule has 4 rings (SSSR count). The number of nitrogens with one attached hydrogen (secondary N) is 1. The van der Waals surface area contributed by atoms with Crippen molar-refractivity contribution >= 4 is 39.8 Å². The van der Waals surface area contributed by atoms with Crippen LogP contribution in [0, 0.1) is 0 Å². The van der Waals surface area contributed by atoms with Gasteiger partial charge in [0, 0.05) is 12.5 Å². The Morgan fingerprint density at radius 2 is 1.65 bits per heavy atom. The molecule has 3 aromatic rings. The highest BCUT2D eigenvalue weighted by molar-refractivity contribution is 8.14. The Balaban J connectivity index is 1.39. The van der Waals surface area contributed by atoms with Crippen LogP contribution >= 0.6 is 11.8 Å². The van der Waals surface area contributed by atoms with E-state index in [4.69, 9.17) is 14.7 Å². The largest absolute Gasteiger partial charge is 0.497 e. The van der Waals surface area contributed by atoms with Gasteiger partial charge < -0.3 is 10.1 Å². The number of methoxy groups -OCH3 is 1. The molecule has 1 N–H and O–H groups in total. The third-order valence-electron chi connectivity index (χ3n) is 5.61. The van der Waals surface area contributed by atoms with Gasteiger partial charge in [-0.15, -0.1) is 11.8 Å². The van der Waals surface area contributed by atoms with Crippen LogP contribution in [0.2, 0.25) is 0 Å². The van der Waals surface area contributed by atoms with Gasteiger partial charge in [0.05, 0.1) is 35.0 Å². The summed E-state index contributed by atoms with van der Waals surface area (Å²) in [6.45, 7) is 2.05. The zero-order valence-corrected chi connectivity index (χ0v) is 20.3. The molecule has 0 spiro atoms. The van der Waals surface area contributed by atoms with E-state index in [2.05, 4.69) is 24.4 Å². The Labute approximate surface area is 205 Å². The van der Waals surface area contributed by atoms with Crippen molar-refractivity contribution in [1.82, 2.24) is 5.32 Å². The molecule has 0 bridgehead atoms. The standard InChI is InChI=1S/C28H29N3O2S/c1-20(12-13-21-8-4-3-5-9-21)29-27(32)19-34-28-18-26(22-14-16-23(33-2)17-15-22)30-24-10-6-7-11-25(24)31-28/h3-11,14-17,20H,12-13,18-19H2,1-2H3,(H,29,32). The van der Waals surface area contributed by atoms with E-state index in [0.717, 1.165) is 46.3 Å². The Morgan fingerprint density at radius 1 is 0.971 bits per heavy atom. The number of ether oxygens (including phenoxy) is 1. The van der Waals surface area contributed by atoms with Crippen molar-refractivity contribution in [3.05, 3.63) is 90.0 Å². The Bertz CT molecular complexity index is 1170. The molecule has 0 saturated heterocycles. The zero-order valence-electron chi connectivity index (χ0n) is 19.5. The molecule has 5 nitrogen and oxygen atoms in total. The lowest BCUT2D eigenvalue weighted by Crippen LogP contribution is -2.34. The lowest BCUT2D eigenvalue weighted by atomic mass is 10.1. The van der Waals surface area contributed by atoms with Gasteiger partial charge in [-0.2, -0.15) is 0 Å². The van der Waals surface area contributed by atoms with Crippen molar-refractivity contribution in [1.29, 1.82) is 0 Å². The van der Waals surface area contributed by atoms with E-state index in [1.807, 2.05) is 66.7 Å². The van der Waals surface area contributed by atoms with E-state index in [0.29, 0.717) is 12.2 Å². The Kier molecular flexibility index (Phi) is 8.15. The van der Waals surface area contributed by atoms with E-state index in [1.165, 1.54) is 17.3 Å². The Hall–Kier alpha value is -3.38. The number of carbonyl (C=O) groups is 1. The highest BCUT2D eigenvalue weighted by Crippen LogP contribution is 2.33. The highest BCUT2D eigenvalue weighted by Gasteiger charge is 2.17. The second-order valence-electron chi connectivity index (χ2n) is 8.24. The maximum atomic E-state index is 12.6. The number of hydrogen-bond donors (Lipinski definition) is 1.